The molecule has 1 fully saturated rings. The summed E-state index contributed by atoms with van der Waals surface area (Å²) in [7, 11) is 0. The van der Waals surface area contributed by atoms with Crippen molar-refractivity contribution in [2.75, 3.05) is 13.4 Å². The third-order valence-corrected chi connectivity index (χ3v) is 2.40. The predicted octanol–water partition coefficient (Wildman–Crippen LogP) is 1.80. The van der Waals surface area contributed by atoms with E-state index in [1.807, 2.05) is 0 Å². The van der Waals surface area contributed by atoms with Crippen molar-refractivity contribution in [3.63, 3.8) is 0 Å². The second-order valence-electron chi connectivity index (χ2n) is 3.49. The Labute approximate surface area is 62.5 Å². The summed E-state index contributed by atoms with van der Waals surface area (Å²) in [5, 5.41) is 0. The van der Waals surface area contributed by atoms with Crippen LogP contribution in [0.2, 0.25) is 0 Å². The minimum absolute atomic E-state index is 0.274. The predicted molar refractivity (Wildman–Crippen MR) is 39.8 cm³/mol. The van der Waals surface area contributed by atoms with Crippen LogP contribution in [0, 0.1) is 5.41 Å². The third kappa shape index (κ3) is 1.50. The van der Waals surface area contributed by atoms with Crippen LogP contribution in [0.1, 0.15) is 27.2 Å². The molecule has 0 aromatic carbocycles. The van der Waals surface area contributed by atoms with E-state index in [1.165, 1.54) is 0 Å². The maximum absolute atomic E-state index is 5.39. The van der Waals surface area contributed by atoms with E-state index < -0.39 is 0 Å². The molecule has 0 spiro atoms. The van der Waals surface area contributed by atoms with Crippen LogP contribution in [-0.2, 0) is 9.47 Å². The lowest BCUT2D eigenvalue weighted by molar-refractivity contribution is 0.00192. The second-order valence-corrected chi connectivity index (χ2v) is 3.49. The summed E-state index contributed by atoms with van der Waals surface area (Å²) in [6, 6.07) is 0. The molecule has 1 aliphatic heterocycles. The Kier molecular flexibility index (Phi) is 2.32. The van der Waals surface area contributed by atoms with Crippen LogP contribution in [0.4, 0.5) is 0 Å². The number of rotatable bonds is 2. The van der Waals surface area contributed by atoms with Crippen LogP contribution in [0.15, 0.2) is 0 Å². The Bertz CT molecular complexity index is 104. The summed E-state index contributed by atoms with van der Waals surface area (Å²) in [6.07, 6.45) is 1.44. The average Bonchev–Trinajstić information content (AvgIpc) is 2.38. The number of ether oxygens (including phenoxy) is 2. The van der Waals surface area contributed by atoms with Crippen molar-refractivity contribution in [3.05, 3.63) is 0 Å². The van der Waals surface area contributed by atoms with Gasteiger partial charge >= 0.3 is 0 Å². The minimum Gasteiger partial charge on any atom is -0.353 e. The zero-order valence-electron chi connectivity index (χ0n) is 7.02. The molecule has 0 bridgehead atoms. The standard InChI is InChI=1S/C8H16O2/c1-4-8(2,3)7-5-9-6-10-7/h7H,4-6H2,1-3H3. The summed E-state index contributed by atoms with van der Waals surface area (Å²) >= 11 is 0. The van der Waals surface area contributed by atoms with Gasteiger partial charge in [-0.05, 0) is 11.8 Å². The molecule has 1 heterocycles. The molecular weight excluding hydrogens is 128 g/mol. The monoisotopic (exact) mass is 144 g/mol. The lowest BCUT2D eigenvalue weighted by atomic mass is 9.84. The fraction of sp³-hybridized carbons (Fsp3) is 1.00. The summed E-state index contributed by atoms with van der Waals surface area (Å²) in [4.78, 5) is 0. The zero-order chi connectivity index (χ0) is 7.61. The molecule has 1 atom stereocenters. The minimum atomic E-state index is 0.274. The van der Waals surface area contributed by atoms with Crippen LogP contribution >= 0.6 is 0 Å². The molecular formula is C8H16O2. The summed E-state index contributed by atoms with van der Waals surface area (Å²) in [5.74, 6) is 0. The van der Waals surface area contributed by atoms with E-state index in [4.69, 9.17) is 9.47 Å². The highest BCUT2D eigenvalue weighted by Crippen LogP contribution is 2.29. The molecule has 60 valence electrons. The third-order valence-electron chi connectivity index (χ3n) is 2.40. The average molecular weight is 144 g/mol. The first-order valence-corrected chi connectivity index (χ1v) is 3.86. The van der Waals surface area contributed by atoms with Gasteiger partial charge < -0.3 is 9.47 Å². The smallest absolute Gasteiger partial charge is 0.147 e. The van der Waals surface area contributed by atoms with Crippen molar-refractivity contribution in [1.82, 2.24) is 0 Å². The van der Waals surface area contributed by atoms with Gasteiger partial charge in [-0.25, -0.2) is 0 Å². The maximum atomic E-state index is 5.39. The summed E-state index contributed by atoms with van der Waals surface area (Å²) in [6.45, 7) is 7.86. The topological polar surface area (TPSA) is 18.5 Å². The summed E-state index contributed by atoms with van der Waals surface area (Å²) < 4.78 is 10.5. The molecule has 2 nitrogen and oxygen atoms in total. The molecule has 2 heteroatoms. The van der Waals surface area contributed by atoms with Crippen molar-refractivity contribution in [3.8, 4) is 0 Å². The van der Waals surface area contributed by atoms with Gasteiger partial charge in [0.2, 0.25) is 0 Å². The van der Waals surface area contributed by atoms with Crippen LogP contribution in [0.5, 0.6) is 0 Å². The van der Waals surface area contributed by atoms with Crippen LogP contribution in [0.3, 0.4) is 0 Å². The SMILES string of the molecule is CCC(C)(C)C1COCO1. The molecule has 0 aromatic heterocycles. The van der Waals surface area contributed by atoms with Gasteiger partial charge in [-0.1, -0.05) is 20.8 Å². The normalized spacial score (nSPS) is 27.3. The fourth-order valence-electron chi connectivity index (χ4n) is 1.01. The Morgan fingerprint density at radius 1 is 1.50 bits per heavy atom. The van der Waals surface area contributed by atoms with E-state index >= 15 is 0 Å². The molecule has 0 N–H and O–H groups in total. The first kappa shape index (κ1) is 8.02. The van der Waals surface area contributed by atoms with Gasteiger partial charge in [-0.2, -0.15) is 0 Å². The number of hydrogen-bond acceptors (Lipinski definition) is 2. The molecule has 0 radical (unpaired) electrons. The Balaban J connectivity index is 2.45. The molecule has 1 saturated heterocycles. The maximum Gasteiger partial charge on any atom is 0.147 e. The van der Waals surface area contributed by atoms with Crippen LogP contribution < -0.4 is 0 Å². The van der Waals surface area contributed by atoms with E-state index in [2.05, 4.69) is 20.8 Å². The quantitative estimate of drug-likeness (QED) is 0.588. The van der Waals surface area contributed by atoms with Gasteiger partial charge in [0.05, 0.1) is 12.7 Å². The van der Waals surface area contributed by atoms with Gasteiger partial charge in [0, 0.05) is 0 Å². The second kappa shape index (κ2) is 2.89. The molecule has 0 aromatic rings. The van der Waals surface area contributed by atoms with E-state index in [0.29, 0.717) is 12.9 Å². The zero-order valence-corrected chi connectivity index (χ0v) is 7.02. The van der Waals surface area contributed by atoms with Gasteiger partial charge in [0.25, 0.3) is 0 Å². The van der Waals surface area contributed by atoms with Crippen LogP contribution in [-0.4, -0.2) is 19.5 Å². The van der Waals surface area contributed by atoms with Gasteiger partial charge in [-0.15, -0.1) is 0 Å². The van der Waals surface area contributed by atoms with Crippen molar-refractivity contribution >= 4 is 0 Å². The molecule has 1 unspecified atom stereocenters. The first-order valence-electron chi connectivity index (χ1n) is 3.86. The molecule has 1 rings (SSSR count). The van der Waals surface area contributed by atoms with Crippen molar-refractivity contribution < 1.29 is 9.47 Å². The van der Waals surface area contributed by atoms with Crippen molar-refractivity contribution in [2.45, 2.75) is 33.3 Å². The van der Waals surface area contributed by atoms with Gasteiger partial charge in [0.1, 0.15) is 6.79 Å². The van der Waals surface area contributed by atoms with Crippen LogP contribution in [0.25, 0.3) is 0 Å². The van der Waals surface area contributed by atoms with Crippen molar-refractivity contribution in [1.29, 1.82) is 0 Å². The highest BCUT2D eigenvalue weighted by molar-refractivity contribution is 4.78. The lowest BCUT2D eigenvalue weighted by Crippen LogP contribution is -2.30. The van der Waals surface area contributed by atoms with E-state index in [-0.39, 0.29) is 5.41 Å². The molecule has 1 aliphatic rings. The molecule has 0 aliphatic carbocycles. The summed E-state index contributed by atoms with van der Waals surface area (Å²) in [5.41, 5.74) is 0.274. The van der Waals surface area contributed by atoms with E-state index in [1.54, 1.807) is 0 Å². The largest absolute Gasteiger partial charge is 0.353 e. The molecule has 0 saturated carbocycles. The van der Waals surface area contributed by atoms with Crippen molar-refractivity contribution in [2.24, 2.45) is 5.41 Å². The van der Waals surface area contributed by atoms with Gasteiger partial charge in [0.15, 0.2) is 0 Å². The lowest BCUT2D eigenvalue weighted by Gasteiger charge is -2.27. The Morgan fingerprint density at radius 2 is 2.20 bits per heavy atom. The van der Waals surface area contributed by atoms with E-state index in [9.17, 15) is 0 Å². The molecule has 0 amide bonds. The molecule has 10 heavy (non-hydrogen) atoms. The van der Waals surface area contributed by atoms with E-state index in [0.717, 1.165) is 13.0 Å². The fourth-order valence-corrected chi connectivity index (χ4v) is 1.01. The highest BCUT2D eigenvalue weighted by Gasteiger charge is 2.31. The first-order chi connectivity index (χ1) is 4.67. The Morgan fingerprint density at radius 3 is 2.60 bits per heavy atom. The number of hydrogen-bond donors (Lipinski definition) is 0. The van der Waals surface area contributed by atoms with Gasteiger partial charge in [-0.3, -0.25) is 0 Å². The Hall–Kier alpha value is -0.0800. The highest BCUT2D eigenvalue weighted by atomic mass is 16.7.